The molecule has 0 radical (unpaired) electrons. The number of carbonyl (C=O) groups excluding carboxylic acids is 3. The van der Waals surface area contributed by atoms with Crippen LogP contribution in [-0.2, 0) is 9.59 Å². The molecule has 1 heterocycles. The van der Waals surface area contributed by atoms with E-state index in [0.29, 0.717) is 22.2 Å². The van der Waals surface area contributed by atoms with Crippen LogP contribution in [0.3, 0.4) is 0 Å². The fourth-order valence-corrected chi connectivity index (χ4v) is 3.36. The first-order valence-electron chi connectivity index (χ1n) is 9.16. The fourth-order valence-electron chi connectivity index (χ4n) is 3.06. The Morgan fingerprint density at radius 3 is 2.52 bits per heavy atom. The lowest BCUT2D eigenvalue weighted by molar-refractivity contribution is -0.133. The van der Waals surface area contributed by atoms with Crippen molar-refractivity contribution in [2.45, 2.75) is 57.9 Å². The van der Waals surface area contributed by atoms with E-state index in [1.54, 1.807) is 19.1 Å². The number of rotatable bonds is 9. The first-order chi connectivity index (χ1) is 12.8. The molecule has 1 fully saturated rings. The number of hydrogen-bond acceptors (Lipinski definition) is 3. The first-order valence-corrected chi connectivity index (χ1v) is 9.91. The van der Waals surface area contributed by atoms with E-state index in [1.807, 2.05) is 0 Å². The predicted octanol–water partition coefficient (Wildman–Crippen LogP) is 4.60. The zero-order valence-corrected chi connectivity index (χ0v) is 17.1. The first kappa shape index (κ1) is 21.5. The van der Waals surface area contributed by atoms with Gasteiger partial charge in [0, 0.05) is 5.69 Å². The molecule has 27 heavy (non-hydrogen) atoms. The zero-order chi connectivity index (χ0) is 20.0. The molecular weight excluding hydrogens is 389 g/mol. The molecule has 148 valence electrons. The Kier molecular flexibility index (Phi) is 7.50. The van der Waals surface area contributed by atoms with E-state index in [-0.39, 0.29) is 12.5 Å². The van der Waals surface area contributed by atoms with Crippen molar-refractivity contribution in [2.24, 2.45) is 0 Å². The molecule has 2 N–H and O–H groups in total. The molecule has 6 nitrogen and oxygen atoms in total. The monoisotopic (exact) mass is 413 g/mol. The number of anilines is 1. The van der Waals surface area contributed by atoms with E-state index in [1.165, 1.54) is 6.07 Å². The van der Waals surface area contributed by atoms with Gasteiger partial charge in [-0.25, -0.2) is 4.79 Å². The largest absolute Gasteiger partial charge is 0.325 e. The molecule has 8 heteroatoms. The van der Waals surface area contributed by atoms with Gasteiger partial charge in [0.2, 0.25) is 5.91 Å². The molecule has 0 spiro atoms. The second-order valence-electron chi connectivity index (χ2n) is 6.99. The van der Waals surface area contributed by atoms with Crippen molar-refractivity contribution < 1.29 is 14.4 Å². The van der Waals surface area contributed by atoms with Crippen LogP contribution < -0.4 is 10.6 Å². The summed E-state index contributed by atoms with van der Waals surface area (Å²) in [5, 5.41) is 6.02. The van der Waals surface area contributed by atoms with Gasteiger partial charge in [-0.15, -0.1) is 0 Å². The van der Waals surface area contributed by atoms with Gasteiger partial charge in [-0.3, -0.25) is 14.5 Å². The summed E-state index contributed by atoms with van der Waals surface area (Å²) < 4.78 is 0. The second kappa shape index (κ2) is 9.42. The maximum Gasteiger partial charge on any atom is 0.325 e. The molecule has 4 amide bonds. The summed E-state index contributed by atoms with van der Waals surface area (Å²) in [6.07, 6.45) is 5.86. The number of benzene rings is 1. The molecule has 0 aliphatic carbocycles. The summed E-state index contributed by atoms with van der Waals surface area (Å²) >= 11 is 11.8. The minimum atomic E-state index is -0.951. The molecule has 1 aliphatic heterocycles. The summed E-state index contributed by atoms with van der Waals surface area (Å²) in [4.78, 5) is 38.1. The van der Waals surface area contributed by atoms with Crippen LogP contribution >= 0.6 is 23.2 Å². The molecule has 2 rings (SSSR count). The molecule has 1 aromatic rings. The van der Waals surface area contributed by atoms with E-state index in [4.69, 9.17) is 23.2 Å². The van der Waals surface area contributed by atoms with Gasteiger partial charge in [-0.1, -0.05) is 62.2 Å². The Labute approximate surface area is 169 Å². The number of nitrogens with one attached hydrogen (secondary N) is 2. The fraction of sp³-hybridized carbons (Fsp3) is 0.526. The highest BCUT2D eigenvalue weighted by Crippen LogP contribution is 2.26. The number of nitrogens with zero attached hydrogens (tertiary/aromatic N) is 1. The van der Waals surface area contributed by atoms with Gasteiger partial charge in [0.1, 0.15) is 12.1 Å². The van der Waals surface area contributed by atoms with Crippen LogP contribution in [0.1, 0.15) is 52.4 Å². The van der Waals surface area contributed by atoms with E-state index >= 15 is 0 Å². The van der Waals surface area contributed by atoms with Crippen molar-refractivity contribution in [3.8, 4) is 0 Å². The number of amides is 4. The topological polar surface area (TPSA) is 78.5 Å². The number of carbonyl (C=O) groups is 3. The smallest absolute Gasteiger partial charge is 0.324 e. The average Bonchev–Trinajstić information content (AvgIpc) is 2.81. The summed E-state index contributed by atoms with van der Waals surface area (Å²) in [5.74, 6) is -0.851. The lowest BCUT2D eigenvalue weighted by Crippen LogP contribution is -2.44. The maximum absolute atomic E-state index is 12.7. The van der Waals surface area contributed by atoms with E-state index in [2.05, 4.69) is 17.6 Å². The van der Waals surface area contributed by atoms with Crippen molar-refractivity contribution in [2.75, 3.05) is 11.9 Å². The van der Waals surface area contributed by atoms with E-state index < -0.39 is 17.5 Å². The van der Waals surface area contributed by atoms with Crippen molar-refractivity contribution in [1.29, 1.82) is 0 Å². The molecule has 1 aliphatic rings. The quantitative estimate of drug-likeness (QED) is 0.458. The Hall–Kier alpha value is -1.79. The lowest BCUT2D eigenvalue weighted by atomic mass is 9.94. The number of halogens is 2. The predicted molar refractivity (Wildman–Crippen MR) is 107 cm³/mol. The van der Waals surface area contributed by atoms with Gasteiger partial charge in [0.25, 0.3) is 5.91 Å². The molecule has 1 saturated heterocycles. The van der Waals surface area contributed by atoms with E-state index in [0.717, 1.165) is 37.0 Å². The SMILES string of the molecule is CCCCCCCC1(C)NC(=O)N(CC(=O)Nc2ccc(Cl)c(Cl)c2)C1=O. The summed E-state index contributed by atoms with van der Waals surface area (Å²) in [6.45, 7) is 3.50. The molecule has 1 atom stereocenters. The standard InChI is InChI=1S/C19H25Cl2N3O3/c1-3-4-5-6-7-10-19(2)17(26)24(18(27)23-19)12-16(25)22-13-8-9-14(20)15(21)11-13/h8-9,11H,3-7,10,12H2,1-2H3,(H,22,25)(H,23,27). The number of hydrogen-bond donors (Lipinski definition) is 2. The van der Waals surface area contributed by atoms with Crippen molar-refractivity contribution in [1.82, 2.24) is 10.2 Å². The van der Waals surface area contributed by atoms with Gasteiger partial charge in [-0.05, 0) is 31.5 Å². The average molecular weight is 414 g/mol. The Balaban J connectivity index is 1.91. The van der Waals surface area contributed by atoms with Crippen molar-refractivity contribution in [3.63, 3.8) is 0 Å². The third kappa shape index (κ3) is 5.59. The summed E-state index contributed by atoms with van der Waals surface area (Å²) in [6, 6.07) is 4.12. The van der Waals surface area contributed by atoms with Gasteiger partial charge in [0.05, 0.1) is 10.0 Å². The van der Waals surface area contributed by atoms with Crippen LogP contribution in [0.4, 0.5) is 10.5 Å². The minimum Gasteiger partial charge on any atom is -0.324 e. The van der Waals surface area contributed by atoms with Crippen LogP contribution in [0.25, 0.3) is 0 Å². The Bertz CT molecular complexity index is 726. The van der Waals surface area contributed by atoms with Gasteiger partial charge in [0.15, 0.2) is 0 Å². The van der Waals surface area contributed by atoms with E-state index in [9.17, 15) is 14.4 Å². The van der Waals surface area contributed by atoms with Crippen molar-refractivity contribution >= 4 is 46.7 Å². The minimum absolute atomic E-state index is 0.306. The summed E-state index contributed by atoms with van der Waals surface area (Å²) in [7, 11) is 0. The normalized spacial score (nSPS) is 19.3. The molecule has 0 saturated carbocycles. The van der Waals surface area contributed by atoms with Gasteiger partial charge >= 0.3 is 6.03 Å². The molecular formula is C19H25Cl2N3O3. The number of imide groups is 1. The third-order valence-electron chi connectivity index (χ3n) is 4.63. The molecule has 1 aromatic carbocycles. The molecule has 0 bridgehead atoms. The Morgan fingerprint density at radius 1 is 1.15 bits per heavy atom. The van der Waals surface area contributed by atoms with Crippen molar-refractivity contribution in [3.05, 3.63) is 28.2 Å². The lowest BCUT2D eigenvalue weighted by Gasteiger charge is -2.21. The highest BCUT2D eigenvalue weighted by molar-refractivity contribution is 6.42. The van der Waals surface area contributed by atoms with Gasteiger partial charge in [-0.2, -0.15) is 0 Å². The molecule has 1 unspecified atom stereocenters. The number of urea groups is 1. The highest BCUT2D eigenvalue weighted by Gasteiger charge is 2.47. The zero-order valence-electron chi connectivity index (χ0n) is 15.6. The molecule has 0 aromatic heterocycles. The summed E-state index contributed by atoms with van der Waals surface area (Å²) in [5.41, 5.74) is -0.507. The van der Waals surface area contributed by atoms with Crippen LogP contribution in [0.15, 0.2) is 18.2 Å². The van der Waals surface area contributed by atoms with Crippen LogP contribution in [0, 0.1) is 0 Å². The van der Waals surface area contributed by atoms with Crippen LogP contribution in [-0.4, -0.2) is 34.8 Å². The highest BCUT2D eigenvalue weighted by atomic mass is 35.5. The second-order valence-corrected chi connectivity index (χ2v) is 7.81. The third-order valence-corrected chi connectivity index (χ3v) is 5.37. The maximum atomic E-state index is 12.7. The van der Waals surface area contributed by atoms with Crippen LogP contribution in [0.5, 0.6) is 0 Å². The number of unbranched alkanes of at least 4 members (excludes halogenated alkanes) is 4. The van der Waals surface area contributed by atoms with Gasteiger partial charge < -0.3 is 10.6 Å². The Morgan fingerprint density at radius 2 is 1.85 bits per heavy atom. The van der Waals surface area contributed by atoms with Crippen LogP contribution in [0.2, 0.25) is 10.0 Å².